The van der Waals surface area contributed by atoms with Gasteiger partial charge in [-0.25, -0.2) is 9.78 Å². The molecule has 1 saturated heterocycles. The van der Waals surface area contributed by atoms with E-state index in [9.17, 15) is 0 Å². The molecule has 0 bridgehead atoms. The minimum Gasteiger partial charge on any atom is -0.236 e. The predicted octanol–water partition coefficient (Wildman–Crippen LogP) is 2.13. The Hall–Kier alpha value is 0.650. The Morgan fingerprint density at radius 2 is 2.22 bits per heavy atom. The quantitative estimate of drug-likeness (QED) is 0.368. The first kappa shape index (κ1) is 7.75. The molecule has 1 aliphatic rings. The van der Waals surface area contributed by atoms with E-state index in [0.717, 1.165) is 13.0 Å². The van der Waals surface area contributed by atoms with Crippen LogP contribution in [0.25, 0.3) is 0 Å². The molecule has 1 rings (SSSR count). The van der Waals surface area contributed by atoms with Gasteiger partial charge in [0.1, 0.15) is 4.11 Å². The van der Waals surface area contributed by atoms with E-state index in [4.69, 9.17) is 9.78 Å². The second kappa shape index (κ2) is 2.72. The average molecular weight is 242 g/mol. The van der Waals surface area contributed by atoms with Gasteiger partial charge in [-0.15, -0.1) is 0 Å². The molecule has 0 N–H and O–H groups in total. The van der Waals surface area contributed by atoms with Gasteiger partial charge in [0.2, 0.25) is 0 Å². The highest BCUT2D eigenvalue weighted by molar-refractivity contribution is 14.1. The largest absolute Gasteiger partial charge is 0.236 e. The third-order valence-electron chi connectivity index (χ3n) is 1.60. The third-order valence-corrected chi connectivity index (χ3v) is 3.49. The maximum Gasteiger partial charge on any atom is 0.149 e. The molecule has 0 spiro atoms. The molecule has 1 aliphatic heterocycles. The fourth-order valence-electron chi connectivity index (χ4n) is 0.656. The van der Waals surface area contributed by atoms with Crippen molar-refractivity contribution in [2.75, 3.05) is 6.61 Å². The summed E-state index contributed by atoms with van der Waals surface area (Å²) in [7, 11) is 0. The van der Waals surface area contributed by atoms with E-state index in [1.165, 1.54) is 0 Å². The second-order valence-electron chi connectivity index (χ2n) is 2.97. The number of rotatable bonds is 0. The first-order valence-electron chi connectivity index (χ1n) is 3.05. The highest BCUT2D eigenvalue weighted by atomic mass is 127. The summed E-state index contributed by atoms with van der Waals surface area (Å²) in [5, 5.41) is 0. The number of hydrogen-bond donors (Lipinski definition) is 0. The third kappa shape index (κ3) is 1.78. The van der Waals surface area contributed by atoms with Crippen LogP contribution in [0.2, 0.25) is 0 Å². The van der Waals surface area contributed by atoms with E-state index in [-0.39, 0.29) is 9.53 Å². The summed E-state index contributed by atoms with van der Waals surface area (Å²) < 4.78 is 0.198. The van der Waals surface area contributed by atoms with Crippen LogP contribution >= 0.6 is 22.6 Å². The normalized spacial score (nSPS) is 34.3. The van der Waals surface area contributed by atoms with Crippen LogP contribution in [-0.2, 0) is 9.78 Å². The molecule has 1 atom stereocenters. The molecule has 0 saturated carbocycles. The van der Waals surface area contributed by atoms with Gasteiger partial charge >= 0.3 is 0 Å². The van der Waals surface area contributed by atoms with Crippen molar-refractivity contribution in [2.24, 2.45) is 5.41 Å². The summed E-state index contributed by atoms with van der Waals surface area (Å²) >= 11 is 2.25. The van der Waals surface area contributed by atoms with Gasteiger partial charge in [-0.1, -0.05) is 13.8 Å². The predicted molar refractivity (Wildman–Crippen MR) is 43.2 cm³/mol. The SMILES string of the molecule is CC1(C)CCOOC1I. The molecule has 0 aromatic heterocycles. The van der Waals surface area contributed by atoms with Gasteiger partial charge in [0.05, 0.1) is 6.61 Å². The molecule has 3 heteroatoms. The molecule has 2 nitrogen and oxygen atoms in total. The number of alkyl halides is 1. The Morgan fingerprint density at radius 1 is 1.56 bits per heavy atom. The molecule has 1 heterocycles. The van der Waals surface area contributed by atoms with E-state index in [0.29, 0.717) is 0 Å². The second-order valence-corrected chi connectivity index (χ2v) is 4.10. The van der Waals surface area contributed by atoms with Crippen LogP contribution in [-0.4, -0.2) is 10.7 Å². The van der Waals surface area contributed by atoms with Crippen LogP contribution in [0.5, 0.6) is 0 Å². The van der Waals surface area contributed by atoms with Gasteiger partial charge in [0.15, 0.2) is 0 Å². The Balaban J connectivity index is 2.49. The van der Waals surface area contributed by atoms with Crippen molar-refractivity contribution >= 4 is 22.6 Å². The van der Waals surface area contributed by atoms with Gasteiger partial charge in [-0.2, -0.15) is 0 Å². The lowest BCUT2D eigenvalue weighted by Gasteiger charge is -2.33. The topological polar surface area (TPSA) is 18.5 Å². The lowest BCUT2D eigenvalue weighted by atomic mass is 9.91. The molecule has 0 aromatic rings. The lowest BCUT2D eigenvalue weighted by molar-refractivity contribution is -0.342. The smallest absolute Gasteiger partial charge is 0.149 e. The van der Waals surface area contributed by atoms with Crippen molar-refractivity contribution in [1.29, 1.82) is 0 Å². The van der Waals surface area contributed by atoms with Crippen LogP contribution in [0.1, 0.15) is 20.3 Å². The Bertz CT molecular complexity index is 103. The lowest BCUT2D eigenvalue weighted by Crippen LogP contribution is -2.33. The van der Waals surface area contributed by atoms with Crippen molar-refractivity contribution in [3.63, 3.8) is 0 Å². The zero-order chi connectivity index (χ0) is 6.91. The molecule has 0 amide bonds. The summed E-state index contributed by atoms with van der Waals surface area (Å²) in [6, 6.07) is 0. The number of hydrogen-bond acceptors (Lipinski definition) is 2. The summed E-state index contributed by atoms with van der Waals surface area (Å²) in [6.45, 7) is 5.10. The molecule has 1 fully saturated rings. The zero-order valence-corrected chi connectivity index (χ0v) is 7.84. The maximum absolute atomic E-state index is 4.98. The summed E-state index contributed by atoms with van der Waals surface area (Å²) in [5.74, 6) is 0. The Morgan fingerprint density at radius 3 is 2.56 bits per heavy atom. The highest BCUT2D eigenvalue weighted by Crippen LogP contribution is 2.35. The molecule has 0 aromatic carbocycles. The Labute approximate surface area is 69.0 Å². The van der Waals surface area contributed by atoms with Crippen molar-refractivity contribution in [3.05, 3.63) is 0 Å². The van der Waals surface area contributed by atoms with Gasteiger partial charge in [0, 0.05) is 5.41 Å². The monoisotopic (exact) mass is 242 g/mol. The molecule has 9 heavy (non-hydrogen) atoms. The van der Waals surface area contributed by atoms with Crippen molar-refractivity contribution in [2.45, 2.75) is 24.4 Å². The minimum absolute atomic E-state index is 0.198. The fraction of sp³-hybridized carbons (Fsp3) is 1.00. The molecule has 54 valence electrons. The van der Waals surface area contributed by atoms with Crippen molar-refractivity contribution in [1.82, 2.24) is 0 Å². The standard InChI is InChI=1S/C6H11IO2/c1-6(2)3-4-8-9-5(6)7/h5H,3-4H2,1-2H3. The van der Waals surface area contributed by atoms with Crippen LogP contribution in [0, 0.1) is 5.41 Å². The highest BCUT2D eigenvalue weighted by Gasteiger charge is 2.32. The zero-order valence-electron chi connectivity index (χ0n) is 5.69. The average Bonchev–Trinajstić information content (AvgIpc) is 1.77. The van der Waals surface area contributed by atoms with Crippen LogP contribution in [0.15, 0.2) is 0 Å². The summed E-state index contributed by atoms with van der Waals surface area (Å²) in [5.41, 5.74) is 0.277. The van der Waals surface area contributed by atoms with E-state index >= 15 is 0 Å². The van der Waals surface area contributed by atoms with Crippen molar-refractivity contribution < 1.29 is 9.78 Å². The van der Waals surface area contributed by atoms with Gasteiger partial charge in [-0.3, -0.25) is 0 Å². The summed E-state index contributed by atoms with van der Waals surface area (Å²) in [4.78, 5) is 9.79. The van der Waals surface area contributed by atoms with Crippen molar-refractivity contribution in [3.8, 4) is 0 Å². The molecular formula is C6H11IO2. The minimum atomic E-state index is 0.198. The number of halogens is 1. The van der Waals surface area contributed by atoms with Crippen LogP contribution in [0.3, 0.4) is 0 Å². The van der Waals surface area contributed by atoms with E-state index in [1.807, 2.05) is 0 Å². The fourth-order valence-corrected chi connectivity index (χ4v) is 1.11. The molecule has 1 unspecified atom stereocenters. The molecular weight excluding hydrogens is 231 g/mol. The van der Waals surface area contributed by atoms with E-state index in [2.05, 4.69) is 36.4 Å². The van der Waals surface area contributed by atoms with Gasteiger partial charge in [0.25, 0.3) is 0 Å². The molecule has 0 aliphatic carbocycles. The van der Waals surface area contributed by atoms with Gasteiger partial charge in [-0.05, 0) is 29.0 Å². The summed E-state index contributed by atoms with van der Waals surface area (Å²) in [6.07, 6.45) is 1.08. The molecule has 0 radical (unpaired) electrons. The first-order chi connectivity index (χ1) is 4.13. The van der Waals surface area contributed by atoms with E-state index in [1.54, 1.807) is 0 Å². The Kier molecular flexibility index (Phi) is 2.34. The van der Waals surface area contributed by atoms with E-state index < -0.39 is 0 Å². The van der Waals surface area contributed by atoms with Crippen LogP contribution < -0.4 is 0 Å². The maximum atomic E-state index is 4.98. The van der Waals surface area contributed by atoms with Gasteiger partial charge < -0.3 is 0 Å². The van der Waals surface area contributed by atoms with Crippen LogP contribution in [0.4, 0.5) is 0 Å². The first-order valence-corrected chi connectivity index (χ1v) is 4.30.